The van der Waals surface area contributed by atoms with E-state index in [2.05, 4.69) is 10.6 Å². The number of carbonyl (C=O) groups is 2. The molecule has 0 spiro atoms. The number of hydrogen-bond acceptors (Lipinski definition) is 4. The molecule has 3 rings (SSSR count). The maximum atomic E-state index is 12.3. The van der Waals surface area contributed by atoms with Crippen molar-refractivity contribution in [1.82, 2.24) is 15.5 Å². The molecule has 1 unspecified atom stereocenters. The lowest BCUT2D eigenvalue weighted by Gasteiger charge is -2.32. The molecule has 0 aliphatic carbocycles. The third-order valence-corrected chi connectivity index (χ3v) is 4.97. The molecule has 2 saturated heterocycles. The van der Waals surface area contributed by atoms with Gasteiger partial charge in [0.1, 0.15) is 5.76 Å². The van der Waals surface area contributed by atoms with Crippen LogP contribution < -0.4 is 10.6 Å². The smallest absolute Gasteiger partial charge is 0.317 e. The van der Waals surface area contributed by atoms with E-state index in [9.17, 15) is 9.59 Å². The number of nitrogens with one attached hydrogen (secondary N) is 2. The Morgan fingerprint density at radius 1 is 1.20 bits per heavy atom. The molecular formula is C18H27N3O4. The number of hydrogen-bond donors (Lipinski definition) is 2. The number of nitrogens with zero attached hydrogens (tertiary/aromatic N) is 1. The lowest BCUT2D eigenvalue weighted by Crippen LogP contribution is -2.48. The van der Waals surface area contributed by atoms with Crippen LogP contribution >= 0.6 is 0 Å². The fourth-order valence-corrected chi connectivity index (χ4v) is 3.39. The Morgan fingerprint density at radius 3 is 2.72 bits per heavy atom. The Morgan fingerprint density at radius 2 is 2.04 bits per heavy atom. The van der Waals surface area contributed by atoms with Gasteiger partial charge >= 0.3 is 6.03 Å². The molecule has 7 heteroatoms. The average Bonchev–Trinajstić information content (AvgIpc) is 3.19. The first-order valence-electron chi connectivity index (χ1n) is 9.13. The Kier molecular flexibility index (Phi) is 6.33. The summed E-state index contributed by atoms with van der Waals surface area (Å²) in [5.74, 6) is 1.17. The highest BCUT2D eigenvalue weighted by Gasteiger charge is 2.27. The number of carbonyl (C=O) groups excluding carboxylic acids is 2. The number of ether oxygens (including phenoxy) is 1. The highest BCUT2D eigenvalue weighted by molar-refractivity contribution is 5.79. The van der Waals surface area contributed by atoms with E-state index in [0.29, 0.717) is 44.9 Å². The molecule has 25 heavy (non-hydrogen) atoms. The molecule has 0 aromatic carbocycles. The standard InChI is InChI=1S/C18H27N3O4/c22-17(19-12-16-4-2-10-25-16)15-5-7-21(8-6-15)18(23)20-11-14-3-1-9-24-13-14/h2,4,10,14-15H,1,3,5-9,11-13H2,(H,19,22)(H,20,23). The van der Waals surface area contributed by atoms with Gasteiger partial charge in [0, 0.05) is 32.2 Å². The van der Waals surface area contributed by atoms with Crippen molar-refractivity contribution < 1.29 is 18.7 Å². The summed E-state index contributed by atoms with van der Waals surface area (Å²) >= 11 is 0. The molecule has 2 aliphatic heterocycles. The molecule has 1 atom stereocenters. The summed E-state index contributed by atoms with van der Waals surface area (Å²) in [6, 6.07) is 3.61. The molecule has 1 aromatic rings. The van der Waals surface area contributed by atoms with Gasteiger partial charge in [0.2, 0.25) is 5.91 Å². The van der Waals surface area contributed by atoms with Crippen LogP contribution in [0, 0.1) is 11.8 Å². The highest BCUT2D eigenvalue weighted by Crippen LogP contribution is 2.18. The Bertz CT molecular complexity index is 547. The third kappa shape index (κ3) is 5.22. The van der Waals surface area contributed by atoms with E-state index in [1.165, 1.54) is 0 Å². The number of likely N-dealkylation sites (tertiary alicyclic amines) is 1. The molecule has 2 N–H and O–H groups in total. The summed E-state index contributed by atoms with van der Waals surface area (Å²) in [6.07, 6.45) is 5.17. The topological polar surface area (TPSA) is 83.8 Å². The van der Waals surface area contributed by atoms with Crippen LogP contribution in [0.4, 0.5) is 4.79 Å². The number of urea groups is 1. The number of amides is 3. The fourth-order valence-electron chi connectivity index (χ4n) is 3.39. The van der Waals surface area contributed by atoms with Gasteiger partial charge in [-0.1, -0.05) is 0 Å². The monoisotopic (exact) mass is 349 g/mol. The fraction of sp³-hybridized carbons (Fsp3) is 0.667. The minimum atomic E-state index is -0.0363. The predicted molar refractivity (Wildman–Crippen MR) is 91.8 cm³/mol. The Labute approximate surface area is 148 Å². The van der Waals surface area contributed by atoms with E-state index in [4.69, 9.17) is 9.15 Å². The Hall–Kier alpha value is -2.02. The number of piperidine rings is 1. The van der Waals surface area contributed by atoms with Crippen molar-refractivity contribution in [3.05, 3.63) is 24.2 Å². The van der Waals surface area contributed by atoms with Crippen LogP contribution in [0.5, 0.6) is 0 Å². The van der Waals surface area contributed by atoms with Crippen molar-refractivity contribution in [2.75, 3.05) is 32.8 Å². The van der Waals surface area contributed by atoms with Gasteiger partial charge in [0.15, 0.2) is 0 Å². The first kappa shape index (κ1) is 17.8. The maximum absolute atomic E-state index is 12.3. The van der Waals surface area contributed by atoms with E-state index < -0.39 is 0 Å². The van der Waals surface area contributed by atoms with Gasteiger partial charge in [-0.3, -0.25) is 4.79 Å². The summed E-state index contributed by atoms with van der Waals surface area (Å²) in [4.78, 5) is 26.3. The van der Waals surface area contributed by atoms with Crippen LogP contribution in [-0.4, -0.2) is 49.7 Å². The van der Waals surface area contributed by atoms with Crippen molar-refractivity contribution >= 4 is 11.9 Å². The minimum absolute atomic E-state index is 0.0278. The summed E-state index contributed by atoms with van der Waals surface area (Å²) in [5.41, 5.74) is 0. The molecule has 0 bridgehead atoms. The largest absolute Gasteiger partial charge is 0.467 e. The molecule has 2 fully saturated rings. The molecule has 1 aromatic heterocycles. The molecule has 3 heterocycles. The lowest BCUT2D eigenvalue weighted by molar-refractivity contribution is -0.126. The summed E-state index contributed by atoms with van der Waals surface area (Å²) in [7, 11) is 0. The SMILES string of the molecule is O=C(NCc1ccco1)C1CCN(C(=O)NCC2CCCOC2)CC1. The van der Waals surface area contributed by atoms with Crippen molar-refractivity contribution in [3.63, 3.8) is 0 Å². The quantitative estimate of drug-likeness (QED) is 0.848. The zero-order valence-electron chi connectivity index (χ0n) is 14.5. The molecule has 7 nitrogen and oxygen atoms in total. The van der Waals surface area contributed by atoms with Gasteiger partial charge in [0.05, 0.1) is 19.4 Å². The van der Waals surface area contributed by atoms with Crippen LogP contribution in [0.15, 0.2) is 22.8 Å². The van der Waals surface area contributed by atoms with E-state index in [1.807, 2.05) is 6.07 Å². The maximum Gasteiger partial charge on any atom is 0.317 e. The van der Waals surface area contributed by atoms with Gasteiger partial charge in [-0.05, 0) is 43.7 Å². The van der Waals surface area contributed by atoms with Crippen molar-refractivity contribution in [3.8, 4) is 0 Å². The van der Waals surface area contributed by atoms with Gasteiger partial charge in [-0.25, -0.2) is 4.79 Å². The van der Waals surface area contributed by atoms with E-state index >= 15 is 0 Å². The lowest BCUT2D eigenvalue weighted by atomic mass is 9.96. The van der Waals surface area contributed by atoms with E-state index in [0.717, 1.165) is 31.8 Å². The van der Waals surface area contributed by atoms with E-state index in [1.54, 1.807) is 17.2 Å². The predicted octanol–water partition coefficient (Wildman–Crippen LogP) is 1.74. The number of furan rings is 1. The second-order valence-corrected chi connectivity index (χ2v) is 6.83. The second-order valence-electron chi connectivity index (χ2n) is 6.83. The van der Waals surface area contributed by atoms with E-state index in [-0.39, 0.29) is 17.9 Å². The van der Waals surface area contributed by atoms with Crippen LogP contribution in [0.2, 0.25) is 0 Å². The highest BCUT2D eigenvalue weighted by atomic mass is 16.5. The van der Waals surface area contributed by atoms with Crippen molar-refractivity contribution in [1.29, 1.82) is 0 Å². The van der Waals surface area contributed by atoms with Gasteiger partial charge in [-0.15, -0.1) is 0 Å². The van der Waals surface area contributed by atoms with Crippen LogP contribution in [0.25, 0.3) is 0 Å². The third-order valence-electron chi connectivity index (χ3n) is 4.97. The van der Waals surface area contributed by atoms with Gasteiger partial charge in [0.25, 0.3) is 0 Å². The number of rotatable bonds is 5. The zero-order chi connectivity index (χ0) is 17.5. The van der Waals surface area contributed by atoms with Gasteiger partial charge in [-0.2, -0.15) is 0 Å². The Balaban J connectivity index is 1.34. The summed E-state index contributed by atoms with van der Waals surface area (Å²) < 4.78 is 10.6. The first-order chi connectivity index (χ1) is 12.2. The second kappa shape index (κ2) is 8.89. The van der Waals surface area contributed by atoms with Crippen molar-refractivity contribution in [2.24, 2.45) is 11.8 Å². The molecule has 138 valence electrons. The molecule has 2 aliphatic rings. The normalized spacial score (nSPS) is 21.8. The summed E-state index contributed by atoms with van der Waals surface area (Å²) in [5, 5.41) is 5.91. The van der Waals surface area contributed by atoms with Crippen LogP contribution in [-0.2, 0) is 16.1 Å². The molecule has 0 saturated carbocycles. The first-order valence-corrected chi connectivity index (χ1v) is 9.13. The molecule has 3 amide bonds. The van der Waals surface area contributed by atoms with Crippen molar-refractivity contribution in [2.45, 2.75) is 32.2 Å². The van der Waals surface area contributed by atoms with Crippen LogP contribution in [0.3, 0.4) is 0 Å². The van der Waals surface area contributed by atoms with Gasteiger partial charge < -0.3 is 24.7 Å². The minimum Gasteiger partial charge on any atom is -0.467 e. The average molecular weight is 349 g/mol. The molecular weight excluding hydrogens is 322 g/mol. The summed E-state index contributed by atoms with van der Waals surface area (Å²) in [6.45, 7) is 3.88. The zero-order valence-corrected chi connectivity index (χ0v) is 14.5. The molecule has 0 radical (unpaired) electrons. The van der Waals surface area contributed by atoms with Crippen LogP contribution in [0.1, 0.15) is 31.4 Å².